The molecule has 0 saturated carbocycles. The molecular formula is C87H105F2N11O6. The normalized spacial score (nSPS) is 18.2. The van der Waals surface area contributed by atoms with E-state index in [0.29, 0.717) is 51.2 Å². The lowest BCUT2D eigenvalue weighted by Gasteiger charge is -2.34. The van der Waals surface area contributed by atoms with E-state index in [2.05, 4.69) is 186 Å². The predicted molar refractivity (Wildman–Crippen MR) is 422 cm³/mol. The standard InChI is InChI=1S/C30H31F2N3O2.C29H38N4O2.C28H36N4O2/c1-19-4-3-5-26(31)30(19)20(2)37-24-10-11-28-25(16-24)29(35-34-28)17-27(32)22-7-9-23(33-18-22)8-6-21-12-14-36-15-13-21;1-3-32-14-12-25(13-15-32)22(2)35-26-9-11-29-27(20-26)28(30-31-29)10-8-23-4-6-24(7-5-23)21-33-16-18-34-19-17-33;1-21(24-11-13-31(2)14-12-24)34-25-8-10-28-26(19-25)27(29-30-28)9-7-22-3-5-23(6-4-22)20-32-15-17-33-18-16-32/h3-5,7,9-11,16-18,20-21H,6,8,12-15H2,1-2H3,(H,34,35);4-11,20,22,25H,3,12-19,21H2,1-2H3,(H,30,31);3-10,19,21,24H,11-18,20H2,1-2H3,(H,29,30)/b27-17-;10-8+;9-7+. The summed E-state index contributed by atoms with van der Waals surface area (Å²) in [5.74, 6) is 3.59. The molecule has 0 radical (unpaired) electrons. The summed E-state index contributed by atoms with van der Waals surface area (Å²) in [5.41, 5.74) is 12.9. The molecule has 0 bridgehead atoms. The van der Waals surface area contributed by atoms with Gasteiger partial charge in [0.1, 0.15) is 35.0 Å². The van der Waals surface area contributed by atoms with Gasteiger partial charge in [0.25, 0.3) is 0 Å². The number of aromatic amines is 3. The molecule has 5 saturated heterocycles. The van der Waals surface area contributed by atoms with E-state index in [0.717, 1.165) is 180 Å². The van der Waals surface area contributed by atoms with Crippen molar-refractivity contribution < 1.29 is 37.2 Å². The Hall–Kier alpha value is -8.92. The first kappa shape index (κ1) is 75.3. The van der Waals surface area contributed by atoms with Gasteiger partial charge in [0.05, 0.1) is 72.3 Å². The van der Waals surface area contributed by atoms with Crippen molar-refractivity contribution in [3.63, 3.8) is 0 Å². The second-order valence-corrected chi connectivity index (χ2v) is 29.3. The number of hydrogen-bond acceptors (Lipinski definition) is 14. The number of ether oxygens (including phenoxy) is 6. The summed E-state index contributed by atoms with van der Waals surface area (Å²) in [6, 6.07) is 44.1. The van der Waals surface area contributed by atoms with Crippen LogP contribution in [0, 0.1) is 30.5 Å². The van der Waals surface area contributed by atoms with Crippen LogP contribution in [0.15, 0.2) is 140 Å². The first-order valence-electron chi connectivity index (χ1n) is 38.4. The fraction of sp³-hybridized carbons (Fsp3) is 0.425. The first-order valence-corrected chi connectivity index (χ1v) is 38.4. The fourth-order valence-corrected chi connectivity index (χ4v) is 15.1. The number of fused-ring (bicyclic) bond motifs is 3. The summed E-state index contributed by atoms with van der Waals surface area (Å²) in [4.78, 5) is 14.3. The van der Waals surface area contributed by atoms with Gasteiger partial charge in [0, 0.05) is 97.7 Å². The lowest BCUT2D eigenvalue weighted by Crippen LogP contribution is -2.38. The van der Waals surface area contributed by atoms with E-state index in [1.54, 1.807) is 36.5 Å². The molecule has 3 unspecified atom stereocenters. The number of benzene rings is 6. The first-order chi connectivity index (χ1) is 51.8. The highest BCUT2D eigenvalue weighted by Crippen LogP contribution is 2.34. The van der Waals surface area contributed by atoms with Gasteiger partial charge < -0.3 is 38.2 Å². The van der Waals surface area contributed by atoms with Crippen molar-refractivity contribution in [1.82, 2.24) is 55.2 Å². The number of nitrogens with zero attached hydrogens (tertiary/aromatic N) is 8. The Morgan fingerprint density at radius 1 is 0.557 bits per heavy atom. The van der Waals surface area contributed by atoms with E-state index in [9.17, 15) is 4.39 Å². The highest BCUT2D eigenvalue weighted by Gasteiger charge is 2.27. The molecule has 558 valence electrons. The monoisotopic (exact) mass is 1440 g/mol. The Bertz CT molecular complexity index is 4480. The van der Waals surface area contributed by atoms with Gasteiger partial charge in [-0.1, -0.05) is 79.7 Å². The minimum Gasteiger partial charge on any atom is -0.490 e. The molecule has 5 aliphatic rings. The molecule has 5 fully saturated rings. The van der Waals surface area contributed by atoms with E-state index in [1.807, 2.05) is 32.0 Å². The Kier molecular flexibility index (Phi) is 26.3. The number of aryl methyl sites for hydroxylation is 2. The number of morpholine rings is 2. The molecule has 6 aromatic carbocycles. The van der Waals surface area contributed by atoms with Crippen molar-refractivity contribution in [3.8, 4) is 17.2 Å². The fourth-order valence-electron chi connectivity index (χ4n) is 15.1. The number of aromatic nitrogens is 7. The Morgan fingerprint density at radius 3 is 1.62 bits per heavy atom. The second kappa shape index (κ2) is 37.1. The van der Waals surface area contributed by atoms with Crippen molar-refractivity contribution in [2.75, 3.05) is 106 Å². The molecule has 10 aromatic rings. The molecular weight excluding hydrogens is 1330 g/mol. The molecule has 106 heavy (non-hydrogen) atoms. The summed E-state index contributed by atoms with van der Waals surface area (Å²) in [7, 11) is 2.20. The number of nitrogens with one attached hydrogen (secondary N) is 3. The quantitative estimate of drug-likeness (QED) is 0.0553. The maximum atomic E-state index is 15.1. The van der Waals surface area contributed by atoms with Gasteiger partial charge in [0.15, 0.2) is 0 Å². The van der Waals surface area contributed by atoms with Crippen molar-refractivity contribution in [3.05, 3.63) is 207 Å². The molecule has 0 amide bonds. The van der Waals surface area contributed by atoms with Crippen LogP contribution in [0.2, 0.25) is 0 Å². The molecule has 9 heterocycles. The minimum absolute atomic E-state index is 0.216. The molecule has 3 atom stereocenters. The zero-order chi connectivity index (χ0) is 73.1. The lowest BCUT2D eigenvalue weighted by molar-refractivity contribution is 0.0341. The highest BCUT2D eigenvalue weighted by atomic mass is 19.1. The maximum absolute atomic E-state index is 15.1. The van der Waals surface area contributed by atoms with Crippen LogP contribution < -0.4 is 14.2 Å². The van der Waals surface area contributed by atoms with Crippen LogP contribution in [0.5, 0.6) is 17.2 Å². The number of H-pyrrole nitrogens is 3. The molecule has 17 nitrogen and oxygen atoms in total. The number of rotatable bonds is 23. The van der Waals surface area contributed by atoms with Crippen molar-refractivity contribution >= 4 is 68.9 Å². The highest BCUT2D eigenvalue weighted by molar-refractivity contribution is 5.93. The van der Waals surface area contributed by atoms with Crippen molar-refractivity contribution in [1.29, 1.82) is 0 Å². The Morgan fingerprint density at radius 2 is 1.08 bits per heavy atom. The van der Waals surface area contributed by atoms with Gasteiger partial charge in [-0.25, -0.2) is 8.78 Å². The van der Waals surface area contributed by atoms with E-state index in [-0.39, 0.29) is 18.0 Å². The Balaban J connectivity index is 0.000000141. The molecule has 0 spiro atoms. The summed E-state index contributed by atoms with van der Waals surface area (Å²) < 4.78 is 64.6. The van der Waals surface area contributed by atoms with Crippen LogP contribution in [-0.4, -0.2) is 173 Å². The zero-order valence-electron chi connectivity index (χ0n) is 62.6. The van der Waals surface area contributed by atoms with E-state index in [1.165, 1.54) is 73.2 Å². The average Bonchev–Trinajstić information content (AvgIpc) is 1.68. The van der Waals surface area contributed by atoms with Gasteiger partial charge in [-0.05, 0) is 249 Å². The van der Waals surface area contributed by atoms with Crippen molar-refractivity contribution in [2.24, 2.45) is 17.8 Å². The van der Waals surface area contributed by atoms with Crippen LogP contribution in [0.25, 0.3) is 68.9 Å². The molecule has 3 N–H and O–H groups in total. The smallest absolute Gasteiger partial charge is 0.134 e. The summed E-state index contributed by atoms with van der Waals surface area (Å²) >= 11 is 0. The number of likely N-dealkylation sites (tertiary alicyclic amines) is 2. The van der Waals surface area contributed by atoms with Crippen LogP contribution in [0.4, 0.5) is 8.78 Å². The topological polar surface area (TPSA) is 167 Å². The maximum Gasteiger partial charge on any atom is 0.134 e. The number of piperidine rings is 2. The molecule has 4 aromatic heterocycles. The Labute approximate surface area is 623 Å². The molecule has 15 rings (SSSR count). The number of hydrogen-bond donors (Lipinski definition) is 3. The van der Waals surface area contributed by atoms with Gasteiger partial charge in [0.2, 0.25) is 0 Å². The number of halogens is 2. The summed E-state index contributed by atoms with van der Waals surface area (Å²) in [6.45, 7) is 27.2. The lowest BCUT2D eigenvalue weighted by atomic mass is 9.92. The van der Waals surface area contributed by atoms with Crippen LogP contribution in [0.1, 0.15) is 140 Å². The largest absolute Gasteiger partial charge is 0.490 e. The third-order valence-electron chi connectivity index (χ3n) is 21.9. The third kappa shape index (κ3) is 20.6. The van der Waals surface area contributed by atoms with Crippen LogP contribution in [0.3, 0.4) is 0 Å². The summed E-state index contributed by atoms with van der Waals surface area (Å²) in [5, 5.41) is 25.5. The SMILES string of the molecule is CC(Oc1ccc2[nH]nc(/C=C/c3ccc(CN4CCOCC4)cc3)c2c1)C1CCN(C)CC1.CCN1CCC(C(C)Oc2ccc3[nH]nc(/C=C/c4ccc(CN5CCOCC5)cc4)c3c2)CC1.Cc1cccc(F)c1C(C)Oc1ccc2n[nH]c(/C=C(\F)c3ccc(CCC4CCOCC4)nc3)c2c1. The van der Waals surface area contributed by atoms with E-state index >= 15 is 4.39 Å². The van der Waals surface area contributed by atoms with Gasteiger partial charge in [-0.15, -0.1) is 0 Å². The second-order valence-electron chi connectivity index (χ2n) is 29.3. The van der Waals surface area contributed by atoms with E-state index in [4.69, 9.17) is 28.4 Å². The van der Waals surface area contributed by atoms with Crippen LogP contribution >= 0.6 is 0 Å². The van der Waals surface area contributed by atoms with Gasteiger partial charge in [-0.3, -0.25) is 30.1 Å². The average molecular weight is 1440 g/mol. The molecule has 19 heteroatoms. The third-order valence-corrected chi connectivity index (χ3v) is 21.9. The zero-order valence-corrected chi connectivity index (χ0v) is 62.6. The predicted octanol–water partition coefficient (Wildman–Crippen LogP) is 17.1. The van der Waals surface area contributed by atoms with Gasteiger partial charge >= 0.3 is 0 Å². The van der Waals surface area contributed by atoms with Gasteiger partial charge in [-0.2, -0.15) is 15.3 Å². The van der Waals surface area contributed by atoms with Crippen molar-refractivity contribution in [2.45, 2.75) is 117 Å². The molecule has 5 aliphatic heterocycles. The van der Waals surface area contributed by atoms with Crippen LogP contribution in [-0.2, 0) is 33.7 Å². The molecule has 0 aliphatic carbocycles. The minimum atomic E-state index is -0.489. The number of pyridine rings is 1. The summed E-state index contributed by atoms with van der Waals surface area (Å²) in [6.07, 6.45) is 20.3. The van der Waals surface area contributed by atoms with E-state index < -0.39 is 11.9 Å².